The summed E-state index contributed by atoms with van der Waals surface area (Å²) in [5.74, 6) is 0.331. The van der Waals surface area contributed by atoms with Gasteiger partial charge in [-0.2, -0.15) is 0 Å². The highest BCUT2D eigenvalue weighted by atomic mass is 32.2. The molecule has 0 saturated heterocycles. The SMILES string of the molecule is CCOC(=O)c1cnc(Sc2cnc(NC(=O)N(C3CCCC3)C3CCC(C)CC3)s2)[nH]1. The number of ether oxygens (including phenoxy) is 1. The van der Waals surface area contributed by atoms with Crippen LogP contribution < -0.4 is 5.32 Å². The lowest BCUT2D eigenvalue weighted by Crippen LogP contribution is -2.49. The average molecular weight is 478 g/mol. The minimum atomic E-state index is -0.423. The van der Waals surface area contributed by atoms with E-state index in [1.807, 2.05) is 0 Å². The number of H-pyrrole nitrogens is 1. The van der Waals surface area contributed by atoms with Crippen LogP contribution in [0.1, 0.15) is 75.7 Å². The number of aromatic nitrogens is 3. The second-order valence-electron chi connectivity index (χ2n) is 8.60. The molecule has 4 rings (SSSR count). The maximum Gasteiger partial charge on any atom is 0.356 e. The van der Waals surface area contributed by atoms with Crippen LogP contribution in [-0.4, -0.2) is 50.5 Å². The van der Waals surface area contributed by atoms with E-state index in [9.17, 15) is 9.59 Å². The standard InChI is InChI=1S/C22H31N5O3S2/c1-3-30-19(28)17-12-23-20(25-17)31-18-13-24-21(32-18)26-22(29)27(15-6-4-5-7-15)16-10-8-14(2)9-11-16/h12-16H,3-11H2,1-2H3,(H,23,25)(H,24,26,29). The Balaban J connectivity index is 1.39. The number of rotatable bonds is 7. The first-order chi connectivity index (χ1) is 15.5. The molecule has 2 aliphatic rings. The summed E-state index contributed by atoms with van der Waals surface area (Å²) < 4.78 is 5.86. The summed E-state index contributed by atoms with van der Waals surface area (Å²) in [5.41, 5.74) is 0.321. The molecule has 0 spiro atoms. The van der Waals surface area contributed by atoms with Crippen LogP contribution in [0.15, 0.2) is 21.8 Å². The van der Waals surface area contributed by atoms with E-state index in [1.165, 1.54) is 55.0 Å². The maximum absolute atomic E-state index is 13.3. The van der Waals surface area contributed by atoms with Crippen molar-refractivity contribution in [1.29, 1.82) is 0 Å². The fraction of sp³-hybridized carbons (Fsp3) is 0.636. The van der Waals surface area contributed by atoms with Crippen molar-refractivity contribution in [2.75, 3.05) is 11.9 Å². The van der Waals surface area contributed by atoms with Crippen molar-refractivity contribution in [1.82, 2.24) is 19.9 Å². The van der Waals surface area contributed by atoms with Gasteiger partial charge in [-0.25, -0.2) is 19.6 Å². The normalized spacial score (nSPS) is 21.4. The molecule has 2 saturated carbocycles. The van der Waals surface area contributed by atoms with Gasteiger partial charge in [0.05, 0.1) is 23.2 Å². The largest absolute Gasteiger partial charge is 0.461 e. The number of carbonyl (C=O) groups excluding carboxylic acids is 2. The predicted octanol–water partition coefficient (Wildman–Crippen LogP) is 5.55. The second-order valence-corrected chi connectivity index (χ2v) is 10.9. The van der Waals surface area contributed by atoms with E-state index in [-0.39, 0.29) is 6.03 Å². The molecule has 32 heavy (non-hydrogen) atoms. The van der Waals surface area contributed by atoms with Crippen molar-refractivity contribution in [2.24, 2.45) is 5.92 Å². The molecule has 8 nitrogen and oxygen atoms in total. The molecule has 174 valence electrons. The quantitative estimate of drug-likeness (QED) is 0.507. The molecule has 0 aliphatic heterocycles. The third-order valence-corrected chi connectivity index (χ3v) is 8.19. The summed E-state index contributed by atoms with van der Waals surface area (Å²) in [7, 11) is 0. The smallest absolute Gasteiger partial charge is 0.356 e. The van der Waals surface area contributed by atoms with Crippen molar-refractivity contribution in [3.63, 3.8) is 0 Å². The number of urea groups is 1. The molecule has 0 radical (unpaired) electrons. The predicted molar refractivity (Wildman–Crippen MR) is 125 cm³/mol. The first-order valence-corrected chi connectivity index (χ1v) is 13.1. The number of nitrogens with one attached hydrogen (secondary N) is 2. The lowest BCUT2D eigenvalue weighted by molar-refractivity contribution is 0.0519. The highest BCUT2D eigenvalue weighted by molar-refractivity contribution is 8.01. The van der Waals surface area contributed by atoms with Gasteiger partial charge in [0.2, 0.25) is 0 Å². The number of amides is 2. The van der Waals surface area contributed by atoms with E-state index in [1.54, 1.807) is 13.1 Å². The van der Waals surface area contributed by atoms with Crippen molar-refractivity contribution >= 4 is 40.2 Å². The van der Waals surface area contributed by atoms with Gasteiger partial charge in [0.1, 0.15) is 5.69 Å². The van der Waals surface area contributed by atoms with E-state index in [0.29, 0.717) is 34.7 Å². The third kappa shape index (κ3) is 5.64. The van der Waals surface area contributed by atoms with Crippen LogP contribution in [0, 0.1) is 5.92 Å². The molecule has 0 bridgehead atoms. The number of hydrogen-bond acceptors (Lipinski definition) is 7. The highest BCUT2D eigenvalue weighted by Gasteiger charge is 2.34. The van der Waals surface area contributed by atoms with Crippen LogP contribution in [0.2, 0.25) is 0 Å². The van der Waals surface area contributed by atoms with Crippen LogP contribution in [0.5, 0.6) is 0 Å². The highest BCUT2D eigenvalue weighted by Crippen LogP contribution is 2.35. The Bertz CT molecular complexity index is 916. The maximum atomic E-state index is 13.3. The number of esters is 1. The van der Waals surface area contributed by atoms with Gasteiger partial charge in [-0.15, -0.1) is 0 Å². The molecule has 0 unspecified atom stereocenters. The number of anilines is 1. The molecule has 2 aromatic heterocycles. The van der Waals surface area contributed by atoms with E-state index < -0.39 is 5.97 Å². The van der Waals surface area contributed by atoms with E-state index in [2.05, 4.69) is 32.1 Å². The number of imidazole rings is 1. The van der Waals surface area contributed by atoms with Gasteiger partial charge in [0, 0.05) is 12.1 Å². The minimum absolute atomic E-state index is 0.0232. The zero-order valence-electron chi connectivity index (χ0n) is 18.6. The summed E-state index contributed by atoms with van der Waals surface area (Å²) in [5, 5.41) is 4.22. The minimum Gasteiger partial charge on any atom is -0.461 e. The Morgan fingerprint density at radius 3 is 2.59 bits per heavy atom. The van der Waals surface area contributed by atoms with Crippen molar-refractivity contribution in [2.45, 2.75) is 86.7 Å². The zero-order chi connectivity index (χ0) is 22.5. The monoisotopic (exact) mass is 477 g/mol. The number of carbonyl (C=O) groups is 2. The molecular weight excluding hydrogens is 446 g/mol. The molecule has 2 aliphatic carbocycles. The molecule has 0 atom stereocenters. The van der Waals surface area contributed by atoms with E-state index >= 15 is 0 Å². The molecule has 0 aromatic carbocycles. The van der Waals surface area contributed by atoms with Crippen LogP contribution in [0.25, 0.3) is 0 Å². The molecule has 10 heteroatoms. The topological polar surface area (TPSA) is 100 Å². The molecule has 2 fully saturated rings. The number of hydrogen-bond donors (Lipinski definition) is 2. The third-order valence-electron chi connectivity index (χ3n) is 6.27. The van der Waals surface area contributed by atoms with Gasteiger partial charge in [-0.1, -0.05) is 31.1 Å². The summed E-state index contributed by atoms with van der Waals surface area (Å²) in [6.45, 7) is 4.38. The lowest BCUT2D eigenvalue weighted by atomic mass is 9.86. The second kappa shape index (κ2) is 10.7. The van der Waals surface area contributed by atoms with Crippen LogP contribution in [0.4, 0.5) is 9.93 Å². The Hall–Kier alpha value is -2.07. The van der Waals surface area contributed by atoms with Crippen molar-refractivity contribution < 1.29 is 14.3 Å². The van der Waals surface area contributed by atoms with Crippen LogP contribution >= 0.6 is 23.1 Å². The Kier molecular flexibility index (Phi) is 7.72. The summed E-state index contributed by atoms with van der Waals surface area (Å²) in [6, 6.07) is 0.643. The lowest BCUT2D eigenvalue weighted by Gasteiger charge is -2.39. The Morgan fingerprint density at radius 1 is 1.16 bits per heavy atom. The van der Waals surface area contributed by atoms with Gasteiger partial charge >= 0.3 is 12.0 Å². The number of thiazole rings is 1. The van der Waals surface area contributed by atoms with Crippen molar-refractivity contribution in [3.05, 3.63) is 18.1 Å². The molecular formula is C22H31N5O3S2. The zero-order valence-corrected chi connectivity index (χ0v) is 20.3. The van der Waals surface area contributed by atoms with Crippen molar-refractivity contribution in [3.8, 4) is 0 Å². The number of nitrogens with zero attached hydrogens (tertiary/aromatic N) is 3. The Labute approximate surface area is 196 Å². The van der Waals surface area contributed by atoms with Crippen LogP contribution in [-0.2, 0) is 4.74 Å². The summed E-state index contributed by atoms with van der Waals surface area (Å²) in [4.78, 5) is 38.8. The van der Waals surface area contributed by atoms with E-state index in [4.69, 9.17) is 4.74 Å². The van der Waals surface area contributed by atoms with Gasteiger partial charge in [-0.05, 0) is 63.1 Å². The molecule has 2 aromatic rings. The molecule has 2 heterocycles. The average Bonchev–Trinajstić information content (AvgIpc) is 3.53. The first-order valence-electron chi connectivity index (χ1n) is 11.5. The molecule has 2 amide bonds. The summed E-state index contributed by atoms with van der Waals surface area (Å²) >= 11 is 2.78. The van der Waals surface area contributed by atoms with Gasteiger partial charge < -0.3 is 14.6 Å². The molecule has 2 N–H and O–H groups in total. The van der Waals surface area contributed by atoms with Gasteiger partial charge in [0.15, 0.2) is 10.3 Å². The number of aromatic amines is 1. The fourth-order valence-electron chi connectivity index (χ4n) is 4.62. The Morgan fingerprint density at radius 2 is 1.88 bits per heavy atom. The fourth-order valence-corrected chi connectivity index (χ4v) is 6.36. The van der Waals surface area contributed by atoms with E-state index in [0.717, 1.165) is 35.8 Å². The summed E-state index contributed by atoms with van der Waals surface area (Å²) in [6.07, 6.45) is 12.3. The van der Waals surface area contributed by atoms with Gasteiger partial charge in [0.25, 0.3) is 0 Å². The van der Waals surface area contributed by atoms with Crippen LogP contribution in [0.3, 0.4) is 0 Å². The van der Waals surface area contributed by atoms with Gasteiger partial charge in [-0.3, -0.25) is 5.32 Å². The first kappa shape index (κ1) is 23.1.